The number of alkyl halides is 3. The molecular weight excluding hydrogens is 462 g/mol. The van der Waals surface area contributed by atoms with Crippen molar-refractivity contribution in [3.63, 3.8) is 0 Å². The lowest BCUT2D eigenvalue weighted by atomic mass is 9.99. The van der Waals surface area contributed by atoms with Gasteiger partial charge in [-0.25, -0.2) is 0 Å². The maximum absolute atomic E-state index is 12.3. The summed E-state index contributed by atoms with van der Waals surface area (Å²) in [6.45, 7) is 0. The second kappa shape index (κ2) is 6.53. The van der Waals surface area contributed by atoms with Gasteiger partial charge in [0.1, 0.15) is 5.75 Å². The summed E-state index contributed by atoms with van der Waals surface area (Å²) in [5, 5.41) is 0. The fraction of sp³-hybridized carbons (Fsp3) is 0.143. The third-order valence-corrected chi connectivity index (χ3v) is 4.14. The van der Waals surface area contributed by atoms with Crippen LogP contribution in [0.1, 0.15) is 17.2 Å². The van der Waals surface area contributed by atoms with E-state index in [1.54, 1.807) is 6.07 Å². The first-order valence-electron chi connectivity index (χ1n) is 5.82. The van der Waals surface area contributed by atoms with Gasteiger partial charge < -0.3 is 10.5 Å². The fourth-order valence-electron chi connectivity index (χ4n) is 1.84. The van der Waals surface area contributed by atoms with Crippen LogP contribution >= 0.6 is 38.5 Å². The number of benzene rings is 2. The third-order valence-electron chi connectivity index (χ3n) is 2.74. The quantitative estimate of drug-likeness (QED) is 0.639. The van der Waals surface area contributed by atoms with Crippen LogP contribution in [0.5, 0.6) is 5.75 Å². The molecule has 0 saturated carbocycles. The van der Waals surface area contributed by atoms with Crippen molar-refractivity contribution in [2.45, 2.75) is 12.4 Å². The van der Waals surface area contributed by atoms with Crippen molar-refractivity contribution in [1.82, 2.24) is 0 Å². The standard InChI is InChI=1S/C14H10BrF3INO/c15-12-5-4-9(19)7-11(12)13(20)8-2-1-3-10(6-8)21-14(16,17)18/h1-7,13H,20H2. The Morgan fingerprint density at radius 2 is 1.86 bits per heavy atom. The lowest BCUT2D eigenvalue weighted by Crippen LogP contribution is -2.18. The van der Waals surface area contributed by atoms with E-state index >= 15 is 0 Å². The van der Waals surface area contributed by atoms with Crippen molar-refractivity contribution in [2.75, 3.05) is 0 Å². The molecule has 0 saturated heterocycles. The second-order valence-electron chi connectivity index (χ2n) is 4.26. The third kappa shape index (κ3) is 4.58. The van der Waals surface area contributed by atoms with Crippen LogP contribution in [0.15, 0.2) is 46.9 Å². The molecule has 2 N–H and O–H groups in total. The Bertz CT molecular complexity index is 648. The van der Waals surface area contributed by atoms with E-state index in [4.69, 9.17) is 5.73 Å². The lowest BCUT2D eigenvalue weighted by Gasteiger charge is -2.16. The van der Waals surface area contributed by atoms with E-state index in [1.165, 1.54) is 18.2 Å². The average Bonchev–Trinajstić information content (AvgIpc) is 2.39. The van der Waals surface area contributed by atoms with E-state index < -0.39 is 12.4 Å². The van der Waals surface area contributed by atoms with Crippen LogP contribution in [0, 0.1) is 3.57 Å². The van der Waals surface area contributed by atoms with Gasteiger partial charge in [0.15, 0.2) is 0 Å². The van der Waals surface area contributed by atoms with Gasteiger partial charge >= 0.3 is 6.36 Å². The van der Waals surface area contributed by atoms with Gasteiger partial charge in [-0.3, -0.25) is 0 Å². The van der Waals surface area contributed by atoms with Crippen molar-refractivity contribution in [2.24, 2.45) is 5.73 Å². The van der Waals surface area contributed by atoms with Gasteiger partial charge in [0.25, 0.3) is 0 Å². The predicted molar refractivity (Wildman–Crippen MR) is 86.0 cm³/mol. The van der Waals surface area contributed by atoms with E-state index in [0.29, 0.717) is 5.56 Å². The minimum Gasteiger partial charge on any atom is -0.406 e. The van der Waals surface area contributed by atoms with Crippen LogP contribution in [0.25, 0.3) is 0 Å². The highest BCUT2D eigenvalue weighted by molar-refractivity contribution is 14.1. The molecule has 0 spiro atoms. The Kier molecular flexibility index (Phi) is 5.15. The topological polar surface area (TPSA) is 35.2 Å². The molecule has 2 nitrogen and oxygen atoms in total. The maximum Gasteiger partial charge on any atom is 0.573 e. The van der Waals surface area contributed by atoms with Crippen LogP contribution < -0.4 is 10.5 Å². The number of ether oxygens (including phenoxy) is 1. The van der Waals surface area contributed by atoms with E-state index in [1.807, 2.05) is 18.2 Å². The van der Waals surface area contributed by atoms with Gasteiger partial charge in [0, 0.05) is 8.04 Å². The minimum absolute atomic E-state index is 0.280. The number of hydrogen-bond acceptors (Lipinski definition) is 2. The summed E-state index contributed by atoms with van der Waals surface area (Å²) < 4.78 is 42.5. The molecule has 0 heterocycles. The minimum atomic E-state index is -4.72. The lowest BCUT2D eigenvalue weighted by molar-refractivity contribution is -0.274. The summed E-state index contributed by atoms with van der Waals surface area (Å²) in [5.41, 5.74) is 7.49. The first kappa shape index (κ1) is 16.6. The smallest absolute Gasteiger partial charge is 0.406 e. The van der Waals surface area contributed by atoms with Crippen molar-refractivity contribution in [1.29, 1.82) is 0 Å². The van der Waals surface area contributed by atoms with Crippen molar-refractivity contribution < 1.29 is 17.9 Å². The highest BCUT2D eigenvalue weighted by Crippen LogP contribution is 2.31. The Labute approximate surface area is 141 Å². The number of nitrogens with two attached hydrogens (primary N) is 1. The monoisotopic (exact) mass is 471 g/mol. The first-order valence-corrected chi connectivity index (χ1v) is 7.69. The summed E-state index contributed by atoms with van der Waals surface area (Å²) in [4.78, 5) is 0. The van der Waals surface area contributed by atoms with Crippen LogP contribution in [0.2, 0.25) is 0 Å². The Balaban J connectivity index is 2.33. The second-order valence-corrected chi connectivity index (χ2v) is 6.36. The SMILES string of the molecule is NC(c1cccc(OC(F)(F)F)c1)c1cc(I)ccc1Br. The zero-order chi connectivity index (χ0) is 15.6. The van der Waals surface area contributed by atoms with Gasteiger partial charge in [-0.2, -0.15) is 0 Å². The van der Waals surface area contributed by atoms with E-state index in [-0.39, 0.29) is 5.75 Å². The molecule has 0 aliphatic heterocycles. The largest absolute Gasteiger partial charge is 0.573 e. The van der Waals surface area contributed by atoms with Crippen LogP contribution in [-0.2, 0) is 0 Å². The van der Waals surface area contributed by atoms with Gasteiger partial charge in [0.2, 0.25) is 0 Å². The summed E-state index contributed by atoms with van der Waals surface area (Å²) in [5.74, 6) is -0.280. The molecule has 0 amide bonds. The molecule has 21 heavy (non-hydrogen) atoms. The molecular formula is C14H10BrF3INO. The van der Waals surface area contributed by atoms with E-state index in [2.05, 4.69) is 43.3 Å². The molecule has 0 aromatic heterocycles. The first-order chi connectivity index (χ1) is 9.76. The molecule has 0 radical (unpaired) electrons. The van der Waals surface area contributed by atoms with Gasteiger partial charge in [-0.05, 0) is 64.0 Å². The number of hydrogen-bond donors (Lipinski definition) is 1. The summed E-state index contributed by atoms with van der Waals surface area (Å²) in [6.07, 6.45) is -4.72. The Morgan fingerprint density at radius 3 is 2.52 bits per heavy atom. The van der Waals surface area contributed by atoms with E-state index in [9.17, 15) is 13.2 Å². The van der Waals surface area contributed by atoms with Gasteiger partial charge in [0.05, 0.1) is 6.04 Å². The van der Waals surface area contributed by atoms with Crippen LogP contribution in [0.4, 0.5) is 13.2 Å². The zero-order valence-corrected chi connectivity index (χ0v) is 14.2. The zero-order valence-electron chi connectivity index (χ0n) is 10.5. The van der Waals surface area contributed by atoms with Crippen LogP contribution in [-0.4, -0.2) is 6.36 Å². The van der Waals surface area contributed by atoms with Gasteiger partial charge in [-0.1, -0.05) is 28.1 Å². The highest BCUT2D eigenvalue weighted by atomic mass is 127. The molecule has 0 bridgehead atoms. The normalized spacial score (nSPS) is 13.0. The van der Waals surface area contributed by atoms with E-state index in [0.717, 1.165) is 13.6 Å². The molecule has 0 fully saturated rings. The molecule has 1 atom stereocenters. The Morgan fingerprint density at radius 1 is 1.14 bits per heavy atom. The molecule has 0 aliphatic rings. The van der Waals surface area contributed by atoms with Crippen molar-refractivity contribution in [3.8, 4) is 5.75 Å². The summed E-state index contributed by atoms with van der Waals surface area (Å²) >= 11 is 5.55. The van der Waals surface area contributed by atoms with Gasteiger partial charge in [-0.15, -0.1) is 13.2 Å². The van der Waals surface area contributed by atoms with Crippen molar-refractivity contribution in [3.05, 3.63) is 61.6 Å². The molecule has 2 rings (SSSR count). The number of rotatable bonds is 3. The van der Waals surface area contributed by atoms with Crippen LogP contribution in [0.3, 0.4) is 0 Å². The molecule has 1 unspecified atom stereocenters. The predicted octanol–water partition coefficient (Wildman–Crippen LogP) is 5.00. The summed E-state index contributed by atoms with van der Waals surface area (Å²) in [6, 6.07) is 10.8. The molecule has 2 aromatic rings. The summed E-state index contributed by atoms with van der Waals surface area (Å²) in [7, 11) is 0. The number of halogens is 5. The molecule has 7 heteroatoms. The highest BCUT2D eigenvalue weighted by Gasteiger charge is 2.31. The maximum atomic E-state index is 12.3. The average molecular weight is 472 g/mol. The molecule has 2 aromatic carbocycles. The molecule has 112 valence electrons. The van der Waals surface area contributed by atoms with Crippen molar-refractivity contribution >= 4 is 38.5 Å². The Hall–Kier alpha value is -0.800. The fourth-order valence-corrected chi connectivity index (χ4v) is 2.85. The molecule has 0 aliphatic carbocycles.